The molecular weight excluding hydrogens is 1190 g/mol. The van der Waals surface area contributed by atoms with E-state index in [9.17, 15) is 43.2 Å². The van der Waals surface area contributed by atoms with Crippen LogP contribution in [0.3, 0.4) is 0 Å². The van der Waals surface area contributed by atoms with Gasteiger partial charge >= 0.3 is 39.5 Å². The molecule has 3 N–H and O–H groups in total. The lowest BCUT2D eigenvalue weighted by Gasteiger charge is -2.21. The van der Waals surface area contributed by atoms with Crippen LogP contribution in [0.4, 0.5) is 0 Å². The van der Waals surface area contributed by atoms with Crippen molar-refractivity contribution in [2.24, 2.45) is 17.8 Å². The van der Waals surface area contributed by atoms with Crippen LogP contribution in [0.5, 0.6) is 0 Å². The minimum atomic E-state index is -4.95. The predicted molar refractivity (Wildman–Crippen MR) is 363 cm³/mol. The smallest absolute Gasteiger partial charge is 0.462 e. The number of unbranched alkanes of at least 4 members (excludes halogenated alkanes) is 36. The van der Waals surface area contributed by atoms with Crippen molar-refractivity contribution in [2.45, 2.75) is 375 Å². The summed E-state index contributed by atoms with van der Waals surface area (Å²) in [7, 11) is -9.89. The number of esters is 4. The summed E-state index contributed by atoms with van der Waals surface area (Å²) in [6, 6.07) is 0. The summed E-state index contributed by atoms with van der Waals surface area (Å²) in [6.07, 6.45) is 46.4. The third-order valence-corrected chi connectivity index (χ3v) is 18.6. The Kier molecular flexibility index (Phi) is 60.6. The van der Waals surface area contributed by atoms with Crippen molar-refractivity contribution in [3.63, 3.8) is 0 Å². The van der Waals surface area contributed by atoms with E-state index >= 15 is 0 Å². The maximum Gasteiger partial charge on any atom is 0.472 e. The van der Waals surface area contributed by atoms with Gasteiger partial charge in [0.15, 0.2) is 12.2 Å². The van der Waals surface area contributed by atoms with E-state index in [2.05, 4.69) is 48.5 Å². The first kappa shape index (κ1) is 88.1. The van der Waals surface area contributed by atoms with Gasteiger partial charge in [0, 0.05) is 25.7 Å². The maximum atomic E-state index is 13.0. The lowest BCUT2D eigenvalue weighted by Crippen LogP contribution is -2.30. The molecule has 0 aliphatic carbocycles. The van der Waals surface area contributed by atoms with E-state index in [-0.39, 0.29) is 25.7 Å². The fraction of sp³-hybridized carbons (Fsp3) is 0.944. The highest BCUT2D eigenvalue weighted by molar-refractivity contribution is 7.47. The monoisotopic (exact) mass is 1320 g/mol. The van der Waals surface area contributed by atoms with E-state index < -0.39 is 97.5 Å². The van der Waals surface area contributed by atoms with Crippen molar-refractivity contribution in [2.75, 3.05) is 39.6 Å². The van der Waals surface area contributed by atoms with Crippen molar-refractivity contribution < 1.29 is 80.2 Å². The fourth-order valence-electron chi connectivity index (χ4n) is 10.7. The van der Waals surface area contributed by atoms with Gasteiger partial charge in [0.25, 0.3) is 0 Å². The van der Waals surface area contributed by atoms with Crippen molar-refractivity contribution in [1.82, 2.24) is 0 Å². The van der Waals surface area contributed by atoms with E-state index in [1.54, 1.807) is 0 Å². The summed E-state index contributed by atoms with van der Waals surface area (Å²) in [4.78, 5) is 72.2. The Morgan fingerprint density at radius 3 is 0.844 bits per heavy atom. The predicted octanol–water partition coefficient (Wildman–Crippen LogP) is 20.2. The van der Waals surface area contributed by atoms with E-state index in [1.165, 1.54) is 161 Å². The fourth-order valence-corrected chi connectivity index (χ4v) is 12.3. The molecule has 3 unspecified atom stereocenters. The Bertz CT molecular complexity index is 1770. The van der Waals surface area contributed by atoms with E-state index in [1.807, 2.05) is 0 Å². The van der Waals surface area contributed by atoms with Gasteiger partial charge in [-0.2, -0.15) is 0 Å². The van der Waals surface area contributed by atoms with E-state index in [4.69, 9.17) is 37.0 Å². The zero-order chi connectivity index (χ0) is 66.6. The molecule has 0 saturated carbocycles. The molecule has 90 heavy (non-hydrogen) atoms. The zero-order valence-corrected chi connectivity index (χ0v) is 60.4. The molecule has 0 aliphatic heterocycles. The molecule has 0 amide bonds. The van der Waals surface area contributed by atoms with Crippen LogP contribution in [0.1, 0.15) is 357 Å². The average molecular weight is 1330 g/mol. The Morgan fingerprint density at radius 2 is 0.567 bits per heavy atom. The molecule has 6 atom stereocenters. The van der Waals surface area contributed by atoms with Gasteiger partial charge < -0.3 is 33.8 Å². The summed E-state index contributed by atoms with van der Waals surface area (Å²) in [5, 5.41) is 10.6. The molecule has 0 bridgehead atoms. The highest BCUT2D eigenvalue weighted by Gasteiger charge is 2.30. The largest absolute Gasteiger partial charge is 0.472 e. The molecule has 534 valence electrons. The maximum absolute atomic E-state index is 13.0. The van der Waals surface area contributed by atoms with Gasteiger partial charge in [-0.15, -0.1) is 0 Å². The highest BCUT2D eigenvalue weighted by atomic mass is 31.2. The number of carbonyl (C=O) groups excluding carboxylic acids is 4. The summed E-state index contributed by atoms with van der Waals surface area (Å²) in [5.74, 6) is 0.173. The molecule has 0 spiro atoms. The second-order valence-corrected chi connectivity index (χ2v) is 29.7. The zero-order valence-electron chi connectivity index (χ0n) is 58.6. The third kappa shape index (κ3) is 63.5. The van der Waals surface area contributed by atoms with Crippen LogP contribution in [0, 0.1) is 17.8 Å². The van der Waals surface area contributed by atoms with Crippen LogP contribution < -0.4 is 0 Å². The van der Waals surface area contributed by atoms with Crippen molar-refractivity contribution in [3.8, 4) is 0 Å². The molecule has 0 heterocycles. The van der Waals surface area contributed by atoms with E-state index in [0.29, 0.717) is 25.7 Å². The Morgan fingerprint density at radius 1 is 0.322 bits per heavy atom. The molecule has 0 aliphatic rings. The number of phosphoric ester groups is 2. The molecular formula is C71H138O17P2. The van der Waals surface area contributed by atoms with Crippen LogP contribution in [0.2, 0.25) is 0 Å². The highest BCUT2D eigenvalue weighted by Crippen LogP contribution is 2.45. The van der Waals surface area contributed by atoms with Gasteiger partial charge in [0.05, 0.1) is 26.4 Å². The second-order valence-electron chi connectivity index (χ2n) is 26.8. The van der Waals surface area contributed by atoms with Crippen LogP contribution in [-0.4, -0.2) is 96.7 Å². The lowest BCUT2D eigenvalue weighted by molar-refractivity contribution is -0.161. The summed E-state index contributed by atoms with van der Waals surface area (Å²) < 4.78 is 68.1. The first-order valence-electron chi connectivity index (χ1n) is 36.9. The second kappa shape index (κ2) is 61.9. The van der Waals surface area contributed by atoms with Crippen molar-refractivity contribution in [1.29, 1.82) is 0 Å². The van der Waals surface area contributed by atoms with Crippen LogP contribution in [0.25, 0.3) is 0 Å². The molecule has 19 heteroatoms. The number of carbonyl (C=O) groups is 4. The molecule has 0 aromatic carbocycles. The van der Waals surface area contributed by atoms with Crippen molar-refractivity contribution >= 4 is 39.5 Å². The number of aliphatic hydroxyl groups is 1. The Labute approximate surface area is 549 Å². The molecule has 0 fully saturated rings. The lowest BCUT2D eigenvalue weighted by atomic mass is 10.00. The minimum Gasteiger partial charge on any atom is -0.462 e. The summed E-state index contributed by atoms with van der Waals surface area (Å²) >= 11 is 0. The molecule has 0 rings (SSSR count). The normalized spacial score (nSPS) is 14.5. The van der Waals surface area contributed by atoms with Crippen molar-refractivity contribution in [3.05, 3.63) is 0 Å². The van der Waals surface area contributed by atoms with Gasteiger partial charge in [0.1, 0.15) is 19.3 Å². The molecule has 0 aromatic rings. The van der Waals surface area contributed by atoms with Gasteiger partial charge in [0.2, 0.25) is 0 Å². The third-order valence-electron chi connectivity index (χ3n) is 16.7. The van der Waals surface area contributed by atoms with Crippen LogP contribution in [-0.2, 0) is 65.4 Å². The first-order chi connectivity index (χ1) is 43.3. The number of rotatable bonds is 69. The standard InChI is InChI=1S/C71H138O17P2/c1-8-10-11-35-45-52-68(73)81-58-66(88-71(76)55-48-41-34-33-38-44-51-64(7)9-2)60-85-89(77,78)83-56-65(72)57-84-90(79,80)86-61-67(59-82-69(74)53-46-39-31-27-24-20-22-26-30-37-43-50-63(5)6)87-70(75)54-47-40-32-28-23-19-17-15-13-12-14-16-18-21-25-29-36-42-49-62(3)4/h62-67,72H,8-61H2,1-7H3,(H,77,78)(H,79,80)/t64?,65-,66+,67+/m0/s1. The summed E-state index contributed by atoms with van der Waals surface area (Å²) in [5.41, 5.74) is 0. The quantitative estimate of drug-likeness (QED) is 0.0222. The Balaban J connectivity index is 5.12. The van der Waals surface area contributed by atoms with Gasteiger partial charge in [-0.25, -0.2) is 9.13 Å². The van der Waals surface area contributed by atoms with Gasteiger partial charge in [-0.05, 0) is 43.4 Å². The topological polar surface area (TPSA) is 237 Å². The van der Waals surface area contributed by atoms with E-state index in [0.717, 1.165) is 114 Å². The number of phosphoric acid groups is 2. The Hall–Kier alpha value is -1.94. The van der Waals surface area contributed by atoms with Crippen LogP contribution in [0.15, 0.2) is 0 Å². The van der Waals surface area contributed by atoms with Gasteiger partial charge in [-0.3, -0.25) is 37.3 Å². The first-order valence-corrected chi connectivity index (χ1v) is 39.9. The SMILES string of the molecule is CCCCCCCC(=O)OC[C@H](COP(=O)(O)OC[C@H](O)COP(=O)(O)OC[C@@H](COC(=O)CCCCCCCCCCCCCC(C)C)OC(=O)CCCCCCCCCCCCCCCCCCCCC(C)C)OC(=O)CCCCCCCCC(C)CC. The number of hydrogen-bond donors (Lipinski definition) is 3. The summed E-state index contributed by atoms with van der Waals surface area (Å²) in [6.45, 7) is 11.8. The molecule has 0 aromatic heterocycles. The van der Waals surface area contributed by atoms with Crippen LogP contribution >= 0.6 is 15.6 Å². The minimum absolute atomic E-state index is 0.102. The number of hydrogen-bond acceptors (Lipinski definition) is 15. The molecule has 0 radical (unpaired) electrons. The average Bonchev–Trinajstić information content (AvgIpc) is 3.47. The number of ether oxygens (including phenoxy) is 4. The molecule has 17 nitrogen and oxygen atoms in total. The van der Waals surface area contributed by atoms with Gasteiger partial charge in [-0.1, -0.05) is 305 Å². The number of aliphatic hydroxyl groups excluding tert-OH is 1. The molecule has 0 saturated heterocycles.